The highest BCUT2D eigenvalue weighted by Gasteiger charge is 2.15. The third-order valence-electron chi connectivity index (χ3n) is 2.61. The lowest BCUT2D eigenvalue weighted by molar-refractivity contribution is -0.128. The number of urea groups is 1. The number of anilines is 1. The number of para-hydroxylation sites is 1. The fraction of sp³-hybridized carbons (Fsp3) is 0.308. The summed E-state index contributed by atoms with van der Waals surface area (Å²) in [5, 5.41) is 14.0. The SMILES string of the molecule is CN(C)C(=O)CCNC(=O)Nc1c(Br)cccc1C(=O)O. The number of nitrogens with zero attached hydrogens (tertiary/aromatic N) is 1. The lowest BCUT2D eigenvalue weighted by Gasteiger charge is -2.13. The van der Waals surface area contributed by atoms with Gasteiger partial charge in [0.15, 0.2) is 0 Å². The summed E-state index contributed by atoms with van der Waals surface area (Å²) in [6.07, 6.45) is 0.169. The van der Waals surface area contributed by atoms with Gasteiger partial charge < -0.3 is 20.6 Å². The maximum absolute atomic E-state index is 11.7. The first kappa shape index (κ1) is 17.0. The number of aromatic carboxylic acids is 1. The molecule has 7 nitrogen and oxygen atoms in total. The van der Waals surface area contributed by atoms with Crippen molar-refractivity contribution >= 4 is 39.5 Å². The molecule has 8 heteroatoms. The quantitative estimate of drug-likeness (QED) is 0.747. The number of halogens is 1. The number of nitrogens with one attached hydrogen (secondary N) is 2. The van der Waals surface area contributed by atoms with Gasteiger partial charge in [0.2, 0.25) is 5.91 Å². The molecule has 0 aromatic heterocycles. The zero-order chi connectivity index (χ0) is 16.0. The van der Waals surface area contributed by atoms with Crippen LogP contribution in [0.5, 0.6) is 0 Å². The van der Waals surface area contributed by atoms with Gasteiger partial charge in [-0.2, -0.15) is 0 Å². The number of carboxylic acids is 1. The van der Waals surface area contributed by atoms with Crippen molar-refractivity contribution in [2.75, 3.05) is 26.0 Å². The van der Waals surface area contributed by atoms with Crippen LogP contribution in [0.1, 0.15) is 16.8 Å². The number of carbonyl (C=O) groups excluding carboxylic acids is 2. The number of benzene rings is 1. The van der Waals surface area contributed by atoms with Gasteiger partial charge in [-0.05, 0) is 28.1 Å². The first-order valence-electron chi connectivity index (χ1n) is 6.09. The molecule has 114 valence electrons. The second-order valence-corrected chi connectivity index (χ2v) is 5.24. The van der Waals surface area contributed by atoms with Crippen molar-refractivity contribution in [1.82, 2.24) is 10.2 Å². The van der Waals surface area contributed by atoms with Gasteiger partial charge in [0.05, 0.1) is 11.3 Å². The lowest BCUT2D eigenvalue weighted by Crippen LogP contribution is -2.33. The summed E-state index contributed by atoms with van der Waals surface area (Å²) in [6.45, 7) is 0.162. The summed E-state index contributed by atoms with van der Waals surface area (Å²) >= 11 is 3.19. The summed E-state index contributed by atoms with van der Waals surface area (Å²) < 4.78 is 0.460. The van der Waals surface area contributed by atoms with E-state index >= 15 is 0 Å². The van der Waals surface area contributed by atoms with Gasteiger partial charge in [0.1, 0.15) is 0 Å². The van der Waals surface area contributed by atoms with E-state index in [-0.39, 0.29) is 30.1 Å². The van der Waals surface area contributed by atoms with E-state index in [1.165, 1.54) is 11.0 Å². The molecule has 0 atom stereocenters. The van der Waals surface area contributed by atoms with Crippen LogP contribution in [0.25, 0.3) is 0 Å². The summed E-state index contributed by atoms with van der Waals surface area (Å²) in [6, 6.07) is 4.00. The maximum Gasteiger partial charge on any atom is 0.337 e. The van der Waals surface area contributed by atoms with Crippen LogP contribution < -0.4 is 10.6 Å². The highest BCUT2D eigenvalue weighted by Crippen LogP contribution is 2.26. The average Bonchev–Trinajstić information content (AvgIpc) is 2.40. The number of amides is 3. The van der Waals surface area contributed by atoms with Gasteiger partial charge in [-0.1, -0.05) is 6.07 Å². The molecule has 0 bridgehead atoms. The molecule has 0 spiro atoms. The highest BCUT2D eigenvalue weighted by molar-refractivity contribution is 9.10. The molecule has 0 saturated heterocycles. The van der Waals surface area contributed by atoms with Crippen molar-refractivity contribution in [2.24, 2.45) is 0 Å². The molecule has 0 saturated carbocycles. The molecule has 1 rings (SSSR count). The molecule has 3 amide bonds. The van der Waals surface area contributed by atoms with Gasteiger partial charge in [-0.15, -0.1) is 0 Å². The monoisotopic (exact) mass is 357 g/mol. The van der Waals surface area contributed by atoms with Crippen LogP contribution in [-0.4, -0.2) is 48.6 Å². The van der Waals surface area contributed by atoms with Crippen molar-refractivity contribution in [2.45, 2.75) is 6.42 Å². The smallest absolute Gasteiger partial charge is 0.337 e. The van der Waals surface area contributed by atoms with E-state index in [0.29, 0.717) is 4.47 Å². The molecule has 0 heterocycles. The Balaban J connectivity index is 2.63. The minimum absolute atomic E-state index is 0.0242. The van der Waals surface area contributed by atoms with E-state index in [9.17, 15) is 14.4 Å². The Labute approximate surface area is 130 Å². The summed E-state index contributed by atoms with van der Waals surface area (Å²) in [5.41, 5.74) is 0.144. The normalized spacial score (nSPS) is 9.86. The number of rotatable bonds is 5. The Bertz CT molecular complexity index is 560. The number of hydrogen-bond donors (Lipinski definition) is 3. The van der Waals surface area contributed by atoms with E-state index in [0.717, 1.165) is 0 Å². The standard InChI is InChI=1S/C13H16BrN3O4/c1-17(2)10(18)6-7-15-13(21)16-11-8(12(19)20)4-3-5-9(11)14/h3-5H,6-7H2,1-2H3,(H,19,20)(H2,15,16,21). The first-order chi connectivity index (χ1) is 9.82. The van der Waals surface area contributed by atoms with Crippen molar-refractivity contribution in [1.29, 1.82) is 0 Å². The van der Waals surface area contributed by atoms with Crippen LogP contribution in [0.4, 0.5) is 10.5 Å². The van der Waals surface area contributed by atoms with Crippen LogP contribution >= 0.6 is 15.9 Å². The molecule has 0 aliphatic rings. The number of hydrogen-bond acceptors (Lipinski definition) is 3. The largest absolute Gasteiger partial charge is 0.478 e. The van der Waals surface area contributed by atoms with E-state index in [4.69, 9.17) is 5.11 Å². The molecule has 0 aliphatic heterocycles. The second kappa shape index (κ2) is 7.63. The van der Waals surface area contributed by atoms with Crippen LogP contribution in [0.3, 0.4) is 0 Å². The third-order valence-corrected chi connectivity index (χ3v) is 3.27. The van der Waals surface area contributed by atoms with Gasteiger partial charge >= 0.3 is 12.0 Å². The molecule has 0 fully saturated rings. The minimum atomic E-state index is -1.14. The van der Waals surface area contributed by atoms with Crippen molar-refractivity contribution in [3.05, 3.63) is 28.2 Å². The van der Waals surface area contributed by atoms with Crippen LogP contribution in [0.2, 0.25) is 0 Å². The van der Waals surface area contributed by atoms with Crippen molar-refractivity contribution < 1.29 is 19.5 Å². The second-order valence-electron chi connectivity index (χ2n) is 4.39. The first-order valence-corrected chi connectivity index (χ1v) is 6.89. The predicted octanol–water partition coefficient (Wildman–Crippen LogP) is 1.75. The Hall–Kier alpha value is -2.09. The van der Waals surface area contributed by atoms with Gasteiger partial charge in [0.25, 0.3) is 0 Å². The van der Waals surface area contributed by atoms with E-state index in [2.05, 4.69) is 26.6 Å². The Morgan fingerprint density at radius 2 is 1.95 bits per heavy atom. The average molecular weight is 358 g/mol. The highest BCUT2D eigenvalue weighted by atomic mass is 79.9. The Morgan fingerprint density at radius 3 is 2.52 bits per heavy atom. The van der Waals surface area contributed by atoms with Crippen LogP contribution in [0.15, 0.2) is 22.7 Å². The summed E-state index contributed by atoms with van der Waals surface area (Å²) in [4.78, 5) is 35.6. The third kappa shape index (κ3) is 5.07. The molecule has 0 radical (unpaired) electrons. The number of carboxylic acid groups (broad SMARTS) is 1. The number of carbonyl (C=O) groups is 3. The van der Waals surface area contributed by atoms with Gasteiger partial charge in [-0.25, -0.2) is 9.59 Å². The van der Waals surface area contributed by atoms with E-state index in [1.807, 2.05) is 0 Å². The van der Waals surface area contributed by atoms with Gasteiger partial charge in [-0.3, -0.25) is 4.79 Å². The summed E-state index contributed by atoms with van der Waals surface area (Å²) in [7, 11) is 3.26. The minimum Gasteiger partial charge on any atom is -0.478 e. The molecule has 0 aliphatic carbocycles. The fourth-order valence-corrected chi connectivity index (χ4v) is 1.96. The molecule has 0 unspecified atom stereocenters. The molecular weight excluding hydrogens is 342 g/mol. The zero-order valence-electron chi connectivity index (χ0n) is 11.6. The lowest BCUT2D eigenvalue weighted by atomic mass is 10.2. The van der Waals surface area contributed by atoms with Crippen molar-refractivity contribution in [3.63, 3.8) is 0 Å². The van der Waals surface area contributed by atoms with Gasteiger partial charge in [0, 0.05) is 31.5 Å². The van der Waals surface area contributed by atoms with Crippen LogP contribution in [-0.2, 0) is 4.79 Å². The molecule has 1 aromatic carbocycles. The van der Waals surface area contributed by atoms with Crippen LogP contribution in [0, 0.1) is 0 Å². The molecule has 21 heavy (non-hydrogen) atoms. The van der Waals surface area contributed by atoms with E-state index < -0.39 is 12.0 Å². The topological polar surface area (TPSA) is 98.7 Å². The predicted molar refractivity (Wildman–Crippen MR) is 81.4 cm³/mol. The Kier molecular flexibility index (Phi) is 6.16. The molecule has 3 N–H and O–H groups in total. The molecule has 1 aromatic rings. The fourth-order valence-electron chi connectivity index (χ4n) is 1.49. The van der Waals surface area contributed by atoms with Crippen molar-refractivity contribution in [3.8, 4) is 0 Å². The maximum atomic E-state index is 11.7. The van der Waals surface area contributed by atoms with E-state index in [1.54, 1.807) is 26.2 Å². The Morgan fingerprint density at radius 1 is 1.29 bits per heavy atom. The summed E-state index contributed by atoms with van der Waals surface area (Å²) in [5.74, 6) is -1.25. The zero-order valence-corrected chi connectivity index (χ0v) is 13.2. The molecular formula is C13H16BrN3O4.